The average molecular weight is 422 g/mol. The van der Waals surface area contributed by atoms with E-state index in [4.69, 9.17) is 9.15 Å². The quantitative estimate of drug-likeness (QED) is 0.363. The molecule has 0 bridgehead atoms. The largest absolute Gasteiger partial charge is 0.497 e. The average Bonchev–Trinajstić information content (AvgIpc) is 2.82. The van der Waals surface area contributed by atoms with E-state index in [1.807, 2.05) is 42.5 Å². The number of hydrogen-bond donors (Lipinski definition) is 1. The Hall–Kier alpha value is -4.38. The first-order valence-electron chi connectivity index (χ1n) is 10.0. The molecule has 0 atom stereocenters. The number of aromatic carboxylic acids is 1. The lowest BCUT2D eigenvalue weighted by Gasteiger charge is -2.17. The predicted molar refractivity (Wildman–Crippen MR) is 123 cm³/mol. The lowest BCUT2D eigenvalue weighted by molar-refractivity contribution is 0.0697. The molecule has 0 amide bonds. The summed E-state index contributed by atoms with van der Waals surface area (Å²) in [6.45, 7) is 0. The van der Waals surface area contributed by atoms with Crippen molar-refractivity contribution in [3.05, 3.63) is 101 Å². The zero-order chi connectivity index (χ0) is 22.2. The lowest BCUT2D eigenvalue weighted by atomic mass is 9.90. The Kier molecular flexibility index (Phi) is 4.71. The molecule has 0 saturated heterocycles. The second-order valence-corrected chi connectivity index (χ2v) is 7.43. The molecule has 0 fully saturated rings. The van der Waals surface area contributed by atoms with Crippen molar-refractivity contribution >= 4 is 16.9 Å². The number of carboxylic acids is 1. The molecule has 1 N–H and O–H groups in total. The van der Waals surface area contributed by atoms with Crippen LogP contribution in [0.2, 0.25) is 0 Å². The van der Waals surface area contributed by atoms with Gasteiger partial charge in [-0.05, 0) is 59.2 Å². The van der Waals surface area contributed by atoms with Gasteiger partial charge in [-0.1, -0.05) is 36.4 Å². The van der Waals surface area contributed by atoms with Crippen LogP contribution in [0.1, 0.15) is 10.4 Å². The highest BCUT2D eigenvalue weighted by atomic mass is 16.5. The number of carboxylic acid groups (broad SMARTS) is 1. The summed E-state index contributed by atoms with van der Waals surface area (Å²) in [7, 11) is 1.62. The number of fused-ring (bicyclic) bond motifs is 2. The Morgan fingerprint density at radius 1 is 0.844 bits per heavy atom. The normalized spacial score (nSPS) is 11.0. The van der Waals surface area contributed by atoms with E-state index in [0.29, 0.717) is 22.5 Å². The highest BCUT2D eigenvalue weighted by molar-refractivity contribution is 6.07. The van der Waals surface area contributed by atoms with E-state index in [2.05, 4.69) is 0 Å². The third kappa shape index (κ3) is 3.30. The summed E-state index contributed by atoms with van der Waals surface area (Å²) >= 11 is 0. The van der Waals surface area contributed by atoms with Gasteiger partial charge in [0.05, 0.1) is 12.7 Å². The number of carbonyl (C=O) groups is 1. The standard InChI is InChI=1S/C27H18O5/c1-31-19-10-6-16(7-11-19)17-8-12-22-24(14-17)32-25-15-18(28)9-13-23(25)26(22)20-4-2-3-5-21(20)27(29)30/h2-15H,1H3,(H,29,30). The van der Waals surface area contributed by atoms with Crippen molar-refractivity contribution in [2.45, 2.75) is 0 Å². The summed E-state index contributed by atoms with van der Waals surface area (Å²) in [5.41, 5.74) is 4.46. The Bertz CT molecular complexity index is 1500. The molecule has 0 saturated carbocycles. The molecule has 3 aromatic rings. The van der Waals surface area contributed by atoms with Crippen molar-refractivity contribution in [1.82, 2.24) is 0 Å². The Morgan fingerprint density at radius 3 is 2.34 bits per heavy atom. The second-order valence-electron chi connectivity index (χ2n) is 7.43. The summed E-state index contributed by atoms with van der Waals surface area (Å²) in [5, 5.41) is 10.5. The SMILES string of the molecule is COc1ccc(-c2ccc3c(-c4ccccc4C(=O)O)c4ccc(=O)cc-4oc3c2)cc1. The van der Waals surface area contributed by atoms with Crippen molar-refractivity contribution in [3.8, 4) is 39.3 Å². The number of ether oxygens (including phenoxy) is 1. The first kappa shape index (κ1) is 19.6. The molecule has 0 spiro atoms. The first-order valence-corrected chi connectivity index (χ1v) is 10.0. The van der Waals surface area contributed by atoms with Crippen LogP contribution < -0.4 is 10.2 Å². The maximum Gasteiger partial charge on any atom is 0.336 e. The molecule has 0 unspecified atom stereocenters. The molecular formula is C27H18O5. The molecule has 0 aromatic heterocycles. The van der Waals surface area contributed by atoms with E-state index < -0.39 is 5.97 Å². The second kappa shape index (κ2) is 7.71. The molecule has 1 heterocycles. The van der Waals surface area contributed by atoms with E-state index in [9.17, 15) is 14.7 Å². The van der Waals surface area contributed by atoms with Gasteiger partial charge in [-0.15, -0.1) is 0 Å². The van der Waals surface area contributed by atoms with Crippen molar-refractivity contribution in [2.24, 2.45) is 0 Å². The van der Waals surface area contributed by atoms with Gasteiger partial charge in [0.2, 0.25) is 0 Å². The van der Waals surface area contributed by atoms with Crippen LogP contribution >= 0.6 is 0 Å². The number of rotatable bonds is 4. The molecule has 1 aliphatic heterocycles. The van der Waals surface area contributed by atoms with Gasteiger partial charge in [0.1, 0.15) is 17.1 Å². The minimum absolute atomic E-state index is 0.177. The molecule has 5 nitrogen and oxygen atoms in total. The van der Waals surface area contributed by atoms with Crippen molar-refractivity contribution in [2.75, 3.05) is 7.11 Å². The highest BCUT2D eigenvalue weighted by Gasteiger charge is 2.21. The summed E-state index contributed by atoms with van der Waals surface area (Å²) < 4.78 is 11.4. The van der Waals surface area contributed by atoms with E-state index >= 15 is 0 Å². The number of benzene rings is 4. The Labute approximate surface area is 183 Å². The van der Waals surface area contributed by atoms with Gasteiger partial charge in [-0.2, -0.15) is 0 Å². The monoisotopic (exact) mass is 422 g/mol. The van der Waals surface area contributed by atoms with Crippen LogP contribution in [0.3, 0.4) is 0 Å². The van der Waals surface area contributed by atoms with Crippen molar-refractivity contribution < 1.29 is 19.1 Å². The Morgan fingerprint density at radius 2 is 1.59 bits per heavy atom. The molecule has 3 aromatic carbocycles. The lowest BCUT2D eigenvalue weighted by Crippen LogP contribution is -2.03. The molecule has 32 heavy (non-hydrogen) atoms. The first-order chi connectivity index (χ1) is 15.5. The predicted octanol–water partition coefficient (Wildman–Crippen LogP) is 5.94. The van der Waals surface area contributed by atoms with Gasteiger partial charge in [0.25, 0.3) is 0 Å². The van der Waals surface area contributed by atoms with Crippen LogP contribution in [0.4, 0.5) is 0 Å². The van der Waals surface area contributed by atoms with E-state index in [1.54, 1.807) is 37.4 Å². The van der Waals surface area contributed by atoms with E-state index in [0.717, 1.165) is 27.8 Å². The summed E-state index contributed by atoms with van der Waals surface area (Å²) in [6, 6.07) is 24.9. The van der Waals surface area contributed by atoms with Gasteiger partial charge in [0.15, 0.2) is 5.43 Å². The van der Waals surface area contributed by atoms with Gasteiger partial charge >= 0.3 is 5.97 Å². The molecule has 5 heteroatoms. The van der Waals surface area contributed by atoms with Crippen LogP contribution in [0, 0.1) is 0 Å². The van der Waals surface area contributed by atoms with E-state index in [1.165, 1.54) is 12.1 Å². The fourth-order valence-corrected chi connectivity index (χ4v) is 4.01. The molecule has 0 radical (unpaired) electrons. The Balaban J connectivity index is 1.82. The van der Waals surface area contributed by atoms with Gasteiger partial charge in [-0.3, -0.25) is 4.79 Å². The van der Waals surface area contributed by atoms with Gasteiger partial charge < -0.3 is 14.3 Å². The molecule has 1 aliphatic carbocycles. The summed E-state index contributed by atoms with van der Waals surface area (Å²) in [4.78, 5) is 24.0. The molecule has 5 rings (SSSR count). The van der Waals surface area contributed by atoms with Gasteiger partial charge in [0, 0.05) is 22.6 Å². The molecular weight excluding hydrogens is 404 g/mol. The number of hydrogen-bond acceptors (Lipinski definition) is 4. The summed E-state index contributed by atoms with van der Waals surface area (Å²) in [5.74, 6) is 0.158. The fraction of sp³-hybridized carbons (Fsp3) is 0.0370. The van der Waals surface area contributed by atoms with E-state index in [-0.39, 0.29) is 11.0 Å². The fourth-order valence-electron chi connectivity index (χ4n) is 4.01. The smallest absolute Gasteiger partial charge is 0.336 e. The maximum absolute atomic E-state index is 12.0. The summed E-state index contributed by atoms with van der Waals surface area (Å²) in [6.07, 6.45) is 0. The van der Waals surface area contributed by atoms with Crippen LogP contribution in [0.15, 0.2) is 94.1 Å². The minimum Gasteiger partial charge on any atom is -0.497 e. The van der Waals surface area contributed by atoms with Crippen LogP contribution in [0.5, 0.6) is 5.75 Å². The van der Waals surface area contributed by atoms with Crippen LogP contribution in [-0.2, 0) is 0 Å². The van der Waals surface area contributed by atoms with Crippen molar-refractivity contribution in [1.29, 1.82) is 0 Å². The minimum atomic E-state index is -1.02. The van der Waals surface area contributed by atoms with Crippen LogP contribution in [-0.4, -0.2) is 18.2 Å². The third-order valence-electron chi connectivity index (χ3n) is 5.54. The topological polar surface area (TPSA) is 76.7 Å². The highest BCUT2D eigenvalue weighted by Crippen LogP contribution is 2.42. The van der Waals surface area contributed by atoms with Gasteiger partial charge in [-0.25, -0.2) is 4.79 Å². The zero-order valence-electron chi connectivity index (χ0n) is 17.2. The van der Waals surface area contributed by atoms with Crippen LogP contribution in [0.25, 0.3) is 44.5 Å². The maximum atomic E-state index is 12.0. The molecule has 156 valence electrons. The van der Waals surface area contributed by atoms with Crippen molar-refractivity contribution in [3.63, 3.8) is 0 Å². The number of methoxy groups -OCH3 is 1. The zero-order valence-corrected chi connectivity index (χ0v) is 17.2. The molecule has 2 aliphatic rings. The third-order valence-corrected chi connectivity index (χ3v) is 5.54.